The number of ether oxygens (including phenoxy) is 1. The first-order valence-electron chi connectivity index (χ1n) is 9.08. The van der Waals surface area contributed by atoms with Crippen molar-refractivity contribution >= 4 is 0 Å². The summed E-state index contributed by atoms with van der Waals surface area (Å²) in [6, 6.07) is 0.614. The molecular formula is C18H26N4O. The van der Waals surface area contributed by atoms with E-state index in [4.69, 9.17) is 4.74 Å². The molecule has 2 unspecified atom stereocenters. The summed E-state index contributed by atoms with van der Waals surface area (Å²) >= 11 is 0. The average Bonchev–Trinajstić information content (AvgIpc) is 3.17. The minimum absolute atomic E-state index is 0.120. The van der Waals surface area contributed by atoms with E-state index >= 15 is 0 Å². The third kappa shape index (κ3) is 2.61. The molecule has 0 spiro atoms. The SMILES string of the molecule is C1=CN([C@@H]2C[C@H]3CCN(C3)C2)C=C2OC(N3CCNCC3)C=C12. The Labute approximate surface area is 138 Å². The molecule has 0 saturated carbocycles. The molecule has 1 N–H and O–H groups in total. The van der Waals surface area contributed by atoms with Crippen molar-refractivity contribution in [3.05, 3.63) is 35.9 Å². The number of nitrogens with one attached hydrogen (secondary N) is 1. The second-order valence-corrected chi connectivity index (χ2v) is 7.48. The van der Waals surface area contributed by atoms with Gasteiger partial charge < -0.3 is 19.9 Å². The number of piperazine rings is 1. The topological polar surface area (TPSA) is 31.0 Å². The van der Waals surface area contributed by atoms with Crippen LogP contribution in [-0.4, -0.2) is 72.8 Å². The fourth-order valence-electron chi connectivity index (χ4n) is 4.64. The molecule has 0 aromatic carbocycles. The minimum atomic E-state index is 0.120. The van der Waals surface area contributed by atoms with Gasteiger partial charge in [-0.15, -0.1) is 0 Å². The molecular weight excluding hydrogens is 288 g/mol. The molecule has 3 fully saturated rings. The van der Waals surface area contributed by atoms with E-state index in [-0.39, 0.29) is 6.23 Å². The fourth-order valence-corrected chi connectivity index (χ4v) is 4.64. The lowest BCUT2D eigenvalue weighted by molar-refractivity contribution is 0.0176. The van der Waals surface area contributed by atoms with Gasteiger partial charge in [-0.2, -0.15) is 0 Å². The Balaban J connectivity index is 1.29. The Morgan fingerprint density at radius 1 is 1.13 bits per heavy atom. The third-order valence-corrected chi connectivity index (χ3v) is 5.92. The van der Waals surface area contributed by atoms with Crippen LogP contribution in [0.3, 0.4) is 0 Å². The van der Waals surface area contributed by atoms with Gasteiger partial charge in [0.15, 0.2) is 6.23 Å². The second kappa shape index (κ2) is 5.65. The molecule has 0 radical (unpaired) electrons. The zero-order valence-electron chi connectivity index (χ0n) is 13.7. The van der Waals surface area contributed by atoms with Gasteiger partial charge in [0.1, 0.15) is 5.76 Å². The smallest absolute Gasteiger partial charge is 0.173 e. The van der Waals surface area contributed by atoms with Crippen LogP contribution in [0.1, 0.15) is 12.8 Å². The predicted molar refractivity (Wildman–Crippen MR) is 89.4 cm³/mol. The van der Waals surface area contributed by atoms with Crippen LogP contribution in [0.5, 0.6) is 0 Å². The predicted octanol–water partition coefficient (Wildman–Crippen LogP) is 0.939. The molecule has 0 aromatic rings. The minimum Gasteiger partial charge on any atom is -0.469 e. The number of hydrogen-bond acceptors (Lipinski definition) is 5. The van der Waals surface area contributed by atoms with Crippen LogP contribution in [-0.2, 0) is 4.74 Å². The first-order valence-corrected chi connectivity index (χ1v) is 9.08. The summed E-state index contributed by atoms with van der Waals surface area (Å²) in [7, 11) is 0. The molecule has 5 heterocycles. The van der Waals surface area contributed by atoms with Gasteiger partial charge in [-0.05, 0) is 37.5 Å². The van der Waals surface area contributed by atoms with Gasteiger partial charge in [0.25, 0.3) is 0 Å². The number of hydrogen-bond donors (Lipinski definition) is 1. The van der Waals surface area contributed by atoms with E-state index in [1.54, 1.807) is 0 Å². The van der Waals surface area contributed by atoms with Crippen molar-refractivity contribution in [1.29, 1.82) is 0 Å². The van der Waals surface area contributed by atoms with Gasteiger partial charge >= 0.3 is 0 Å². The van der Waals surface area contributed by atoms with E-state index in [9.17, 15) is 0 Å². The molecule has 23 heavy (non-hydrogen) atoms. The summed E-state index contributed by atoms with van der Waals surface area (Å²) in [5, 5.41) is 3.41. The molecule has 5 aliphatic rings. The summed E-state index contributed by atoms with van der Waals surface area (Å²) in [5.74, 6) is 1.96. The Bertz CT molecular complexity index is 551. The van der Waals surface area contributed by atoms with Crippen molar-refractivity contribution < 1.29 is 4.74 Å². The zero-order valence-corrected chi connectivity index (χ0v) is 13.7. The standard InChI is InChI=1S/C18H26N4O/c1-5-20-11-14(1)9-16(12-20)22-6-2-15-10-18(23-17(15)13-22)21-7-3-19-4-8-21/h2,6,10,13-14,16,18-19H,1,3-5,7-9,11-12H2/t14-,16-,18?/m1/s1. The van der Waals surface area contributed by atoms with Crippen molar-refractivity contribution in [3.8, 4) is 0 Å². The molecule has 5 heteroatoms. The average molecular weight is 314 g/mol. The van der Waals surface area contributed by atoms with E-state index in [1.807, 2.05) is 0 Å². The Morgan fingerprint density at radius 3 is 2.91 bits per heavy atom. The first-order chi connectivity index (χ1) is 11.3. The van der Waals surface area contributed by atoms with Crippen LogP contribution in [0.25, 0.3) is 0 Å². The summed E-state index contributed by atoms with van der Waals surface area (Å²) in [6.45, 7) is 8.06. The molecule has 0 aromatic heterocycles. The number of rotatable bonds is 2. The van der Waals surface area contributed by atoms with Crippen molar-refractivity contribution in [2.75, 3.05) is 45.8 Å². The quantitative estimate of drug-likeness (QED) is 0.820. The van der Waals surface area contributed by atoms with Crippen LogP contribution in [0, 0.1) is 5.92 Å². The fraction of sp³-hybridized carbons (Fsp3) is 0.667. The normalized spacial score (nSPS) is 39.7. The van der Waals surface area contributed by atoms with E-state index < -0.39 is 0 Å². The maximum atomic E-state index is 6.26. The summed E-state index contributed by atoms with van der Waals surface area (Å²) in [6.07, 6.45) is 11.8. The zero-order chi connectivity index (χ0) is 15.2. The molecule has 0 amide bonds. The van der Waals surface area contributed by atoms with Crippen molar-refractivity contribution in [2.45, 2.75) is 25.1 Å². The Morgan fingerprint density at radius 2 is 2.04 bits per heavy atom. The Hall–Kier alpha value is -1.30. The third-order valence-electron chi connectivity index (χ3n) is 5.92. The largest absolute Gasteiger partial charge is 0.469 e. The Kier molecular flexibility index (Phi) is 3.46. The highest BCUT2D eigenvalue weighted by atomic mass is 16.5. The molecule has 2 bridgehead atoms. The van der Waals surface area contributed by atoms with Gasteiger partial charge in [-0.3, -0.25) is 4.90 Å². The molecule has 5 aliphatic heterocycles. The maximum absolute atomic E-state index is 6.26. The van der Waals surface area contributed by atoms with Crippen LogP contribution in [0.15, 0.2) is 35.9 Å². The summed E-state index contributed by atoms with van der Waals surface area (Å²) in [5.41, 5.74) is 1.25. The van der Waals surface area contributed by atoms with Gasteiger partial charge in [-0.1, -0.05) is 0 Å². The first kappa shape index (κ1) is 14.1. The molecule has 4 atom stereocenters. The maximum Gasteiger partial charge on any atom is 0.173 e. The lowest BCUT2D eigenvalue weighted by Gasteiger charge is -2.37. The highest BCUT2D eigenvalue weighted by Crippen LogP contribution is 2.34. The van der Waals surface area contributed by atoms with E-state index in [1.165, 1.54) is 38.0 Å². The van der Waals surface area contributed by atoms with Crippen LogP contribution in [0.4, 0.5) is 0 Å². The van der Waals surface area contributed by atoms with Gasteiger partial charge in [0.05, 0.1) is 0 Å². The van der Waals surface area contributed by atoms with Crippen LogP contribution < -0.4 is 5.32 Å². The van der Waals surface area contributed by atoms with Crippen LogP contribution >= 0.6 is 0 Å². The molecule has 3 saturated heterocycles. The summed E-state index contributed by atoms with van der Waals surface area (Å²) in [4.78, 5) is 7.44. The van der Waals surface area contributed by atoms with Crippen LogP contribution in [0.2, 0.25) is 0 Å². The van der Waals surface area contributed by atoms with E-state index in [0.717, 1.165) is 37.9 Å². The van der Waals surface area contributed by atoms with Crippen molar-refractivity contribution in [1.82, 2.24) is 20.0 Å². The van der Waals surface area contributed by atoms with Gasteiger partial charge in [0, 0.05) is 63.3 Å². The van der Waals surface area contributed by atoms with Crippen molar-refractivity contribution in [2.24, 2.45) is 5.92 Å². The number of allylic oxidation sites excluding steroid dienone is 1. The second-order valence-electron chi connectivity index (χ2n) is 7.48. The van der Waals surface area contributed by atoms with Gasteiger partial charge in [0.2, 0.25) is 0 Å². The molecule has 5 nitrogen and oxygen atoms in total. The highest BCUT2D eigenvalue weighted by Gasteiger charge is 2.36. The molecule has 0 aliphatic carbocycles. The molecule has 5 rings (SSSR count). The number of nitrogens with zero attached hydrogens (tertiary/aromatic N) is 3. The van der Waals surface area contributed by atoms with E-state index in [2.05, 4.69) is 44.6 Å². The van der Waals surface area contributed by atoms with Crippen molar-refractivity contribution in [3.63, 3.8) is 0 Å². The monoisotopic (exact) mass is 314 g/mol. The number of piperidine rings is 1. The lowest BCUT2D eigenvalue weighted by atomic mass is 9.95. The van der Waals surface area contributed by atoms with Gasteiger partial charge in [-0.25, -0.2) is 0 Å². The lowest BCUT2D eigenvalue weighted by Crippen LogP contribution is -2.48. The number of fused-ring (bicyclic) bond motifs is 3. The highest BCUT2D eigenvalue weighted by molar-refractivity contribution is 5.43. The molecule has 124 valence electrons. The van der Waals surface area contributed by atoms with E-state index in [0.29, 0.717) is 6.04 Å². The summed E-state index contributed by atoms with van der Waals surface area (Å²) < 4.78 is 6.26.